The van der Waals surface area contributed by atoms with Crippen LogP contribution < -0.4 is 14.8 Å². The summed E-state index contributed by atoms with van der Waals surface area (Å²) in [7, 11) is 2.94. The standard InChI is InChI=1S/C12H19N5O3/c1-19-11-14-10(15-12(16-11)20-2)13-6-5-9(18)17-7-3-4-8-17/h3-8H2,1-2H3,(H,13,14,15,16). The van der Waals surface area contributed by atoms with Crippen LogP contribution in [0.25, 0.3) is 0 Å². The molecule has 0 aromatic carbocycles. The summed E-state index contributed by atoms with van der Waals surface area (Å²) in [5, 5.41) is 2.98. The Balaban J connectivity index is 1.85. The van der Waals surface area contributed by atoms with E-state index in [1.807, 2.05) is 4.90 Å². The molecule has 1 saturated heterocycles. The third-order valence-corrected chi connectivity index (χ3v) is 3.04. The van der Waals surface area contributed by atoms with Crippen LogP contribution in [-0.2, 0) is 4.79 Å². The summed E-state index contributed by atoms with van der Waals surface area (Å²) < 4.78 is 9.90. The molecule has 1 aromatic heterocycles. The molecule has 8 heteroatoms. The van der Waals surface area contributed by atoms with E-state index in [0.717, 1.165) is 25.9 Å². The number of nitrogens with one attached hydrogen (secondary N) is 1. The molecule has 1 aliphatic rings. The molecule has 0 bridgehead atoms. The maximum Gasteiger partial charge on any atom is 0.324 e. The maximum absolute atomic E-state index is 11.9. The first kappa shape index (κ1) is 14.3. The first-order valence-electron chi connectivity index (χ1n) is 6.58. The molecule has 1 aliphatic heterocycles. The molecule has 1 amide bonds. The predicted molar refractivity (Wildman–Crippen MR) is 71.9 cm³/mol. The van der Waals surface area contributed by atoms with E-state index in [2.05, 4.69) is 20.3 Å². The van der Waals surface area contributed by atoms with Crippen LogP contribution in [0, 0.1) is 0 Å². The normalized spacial score (nSPS) is 14.2. The topological polar surface area (TPSA) is 89.5 Å². The summed E-state index contributed by atoms with van der Waals surface area (Å²) in [5.41, 5.74) is 0. The highest BCUT2D eigenvalue weighted by molar-refractivity contribution is 5.76. The zero-order valence-corrected chi connectivity index (χ0v) is 11.8. The van der Waals surface area contributed by atoms with Gasteiger partial charge in [-0.15, -0.1) is 4.98 Å². The number of carbonyl (C=O) groups is 1. The van der Waals surface area contributed by atoms with Crippen LogP contribution >= 0.6 is 0 Å². The average molecular weight is 281 g/mol. The van der Waals surface area contributed by atoms with E-state index < -0.39 is 0 Å². The van der Waals surface area contributed by atoms with Crippen LogP contribution in [0.5, 0.6) is 12.0 Å². The Labute approximate surface area is 117 Å². The Bertz CT molecular complexity index is 440. The largest absolute Gasteiger partial charge is 0.467 e. The Morgan fingerprint density at radius 3 is 2.30 bits per heavy atom. The summed E-state index contributed by atoms with van der Waals surface area (Å²) in [5.74, 6) is 0.492. The van der Waals surface area contributed by atoms with Gasteiger partial charge in [-0.25, -0.2) is 0 Å². The molecule has 1 fully saturated rings. The van der Waals surface area contributed by atoms with Gasteiger partial charge >= 0.3 is 12.0 Å². The number of hydrogen-bond acceptors (Lipinski definition) is 7. The van der Waals surface area contributed by atoms with Gasteiger partial charge in [0.25, 0.3) is 0 Å². The Morgan fingerprint density at radius 1 is 1.15 bits per heavy atom. The van der Waals surface area contributed by atoms with Crippen molar-refractivity contribution in [3.8, 4) is 12.0 Å². The van der Waals surface area contributed by atoms with Crippen LogP contribution in [0.15, 0.2) is 0 Å². The first-order chi connectivity index (χ1) is 9.72. The number of methoxy groups -OCH3 is 2. The van der Waals surface area contributed by atoms with Gasteiger partial charge in [0, 0.05) is 26.1 Å². The lowest BCUT2D eigenvalue weighted by Gasteiger charge is -2.15. The minimum atomic E-state index is 0.156. The molecule has 8 nitrogen and oxygen atoms in total. The monoisotopic (exact) mass is 281 g/mol. The molecule has 0 radical (unpaired) electrons. The highest BCUT2D eigenvalue weighted by Gasteiger charge is 2.17. The predicted octanol–water partition coefficient (Wildman–Crippen LogP) is 0.313. The number of hydrogen-bond donors (Lipinski definition) is 1. The molecular weight excluding hydrogens is 262 g/mol. The van der Waals surface area contributed by atoms with E-state index >= 15 is 0 Å². The van der Waals surface area contributed by atoms with Crippen molar-refractivity contribution in [2.24, 2.45) is 0 Å². The lowest BCUT2D eigenvalue weighted by molar-refractivity contribution is -0.129. The van der Waals surface area contributed by atoms with Crippen molar-refractivity contribution in [3.05, 3.63) is 0 Å². The highest BCUT2D eigenvalue weighted by atomic mass is 16.5. The van der Waals surface area contributed by atoms with Crippen LogP contribution in [0.2, 0.25) is 0 Å². The Morgan fingerprint density at radius 2 is 1.75 bits per heavy atom. The summed E-state index contributed by atoms with van der Waals surface area (Å²) >= 11 is 0. The van der Waals surface area contributed by atoms with E-state index in [-0.39, 0.29) is 17.9 Å². The molecule has 1 aromatic rings. The molecule has 0 saturated carbocycles. The molecule has 0 aliphatic carbocycles. The number of aromatic nitrogens is 3. The molecular formula is C12H19N5O3. The summed E-state index contributed by atoms with van der Waals surface area (Å²) in [6.07, 6.45) is 2.61. The number of amides is 1. The highest BCUT2D eigenvalue weighted by Crippen LogP contribution is 2.12. The fourth-order valence-electron chi connectivity index (χ4n) is 2.01. The maximum atomic E-state index is 11.9. The first-order valence-corrected chi connectivity index (χ1v) is 6.58. The third kappa shape index (κ3) is 3.69. The summed E-state index contributed by atoms with van der Waals surface area (Å²) in [6, 6.07) is 0.343. The van der Waals surface area contributed by atoms with E-state index in [1.165, 1.54) is 14.2 Å². The van der Waals surface area contributed by atoms with Crippen molar-refractivity contribution in [2.75, 3.05) is 39.2 Å². The summed E-state index contributed by atoms with van der Waals surface area (Å²) in [6.45, 7) is 2.20. The quantitative estimate of drug-likeness (QED) is 0.802. The Hall–Kier alpha value is -2.12. The van der Waals surface area contributed by atoms with Crippen LogP contribution in [0.4, 0.5) is 5.95 Å². The molecule has 0 atom stereocenters. The van der Waals surface area contributed by atoms with Crippen LogP contribution in [0.1, 0.15) is 19.3 Å². The van der Waals surface area contributed by atoms with Gasteiger partial charge in [-0.2, -0.15) is 9.97 Å². The van der Waals surface area contributed by atoms with E-state index in [0.29, 0.717) is 18.9 Å². The second-order valence-corrected chi connectivity index (χ2v) is 4.40. The third-order valence-electron chi connectivity index (χ3n) is 3.04. The zero-order chi connectivity index (χ0) is 14.4. The lowest BCUT2D eigenvalue weighted by atomic mass is 10.3. The molecule has 20 heavy (non-hydrogen) atoms. The second-order valence-electron chi connectivity index (χ2n) is 4.40. The minimum absolute atomic E-state index is 0.156. The van der Waals surface area contributed by atoms with Crippen molar-refractivity contribution in [1.82, 2.24) is 19.9 Å². The zero-order valence-electron chi connectivity index (χ0n) is 11.8. The van der Waals surface area contributed by atoms with E-state index in [9.17, 15) is 4.79 Å². The van der Waals surface area contributed by atoms with Crippen LogP contribution in [0.3, 0.4) is 0 Å². The smallest absolute Gasteiger partial charge is 0.324 e. The Kier molecular flexibility index (Phi) is 4.91. The minimum Gasteiger partial charge on any atom is -0.467 e. The summed E-state index contributed by atoms with van der Waals surface area (Å²) in [4.78, 5) is 25.7. The van der Waals surface area contributed by atoms with Gasteiger partial charge in [0.05, 0.1) is 14.2 Å². The van der Waals surface area contributed by atoms with Gasteiger partial charge in [0.15, 0.2) is 0 Å². The number of rotatable bonds is 6. The fraction of sp³-hybridized carbons (Fsp3) is 0.667. The van der Waals surface area contributed by atoms with E-state index in [4.69, 9.17) is 9.47 Å². The van der Waals surface area contributed by atoms with Crippen molar-refractivity contribution in [1.29, 1.82) is 0 Å². The number of likely N-dealkylation sites (tertiary alicyclic amines) is 1. The van der Waals surface area contributed by atoms with E-state index in [1.54, 1.807) is 0 Å². The van der Waals surface area contributed by atoms with Gasteiger partial charge in [-0.1, -0.05) is 0 Å². The van der Waals surface area contributed by atoms with Crippen LogP contribution in [-0.4, -0.2) is 59.6 Å². The average Bonchev–Trinajstić information content (AvgIpc) is 3.01. The SMILES string of the molecule is COc1nc(NCCC(=O)N2CCCC2)nc(OC)n1. The number of ether oxygens (including phenoxy) is 2. The van der Waals surface area contributed by atoms with Gasteiger partial charge in [-0.05, 0) is 12.8 Å². The van der Waals surface area contributed by atoms with Gasteiger partial charge in [0.1, 0.15) is 0 Å². The molecule has 110 valence electrons. The van der Waals surface area contributed by atoms with Crippen molar-refractivity contribution in [3.63, 3.8) is 0 Å². The fourth-order valence-corrected chi connectivity index (χ4v) is 2.01. The number of nitrogens with zero attached hydrogens (tertiary/aromatic N) is 4. The van der Waals surface area contributed by atoms with Crippen molar-refractivity contribution in [2.45, 2.75) is 19.3 Å². The molecule has 0 spiro atoms. The number of anilines is 1. The van der Waals surface area contributed by atoms with Crippen molar-refractivity contribution >= 4 is 11.9 Å². The lowest BCUT2D eigenvalue weighted by Crippen LogP contribution is -2.29. The van der Waals surface area contributed by atoms with Gasteiger partial charge in [0.2, 0.25) is 11.9 Å². The number of carbonyl (C=O) groups excluding carboxylic acids is 1. The second kappa shape index (κ2) is 6.88. The molecule has 2 rings (SSSR count). The molecule has 1 N–H and O–H groups in total. The van der Waals surface area contributed by atoms with Crippen molar-refractivity contribution < 1.29 is 14.3 Å². The molecule has 0 unspecified atom stereocenters. The van der Waals surface area contributed by atoms with Gasteiger partial charge < -0.3 is 19.7 Å². The van der Waals surface area contributed by atoms with Gasteiger partial charge in [-0.3, -0.25) is 4.79 Å². The molecule has 2 heterocycles.